The van der Waals surface area contributed by atoms with Gasteiger partial charge in [0.15, 0.2) is 0 Å². The fourth-order valence-corrected chi connectivity index (χ4v) is 4.71. The van der Waals surface area contributed by atoms with Gasteiger partial charge in [0, 0.05) is 31.2 Å². The van der Waals surface area contributed by atoms with E-state index in [0.717, 1.165) is 51.3 Å². The van der Waals surface area contributed by atoms with Crippen molar-refractivity contribution in [1.29, 1.82) is 0 Å². The number of carboxylic acid groups (broad SMARTS) is 1. The highest BCUT2D eigenvalue weighted by molar-refractivity contribution is 7.09. The second-order valence-electron chi connectivity index (χ2n) is 7.87. The molecule has 0 unspecified atom stereocenters. The average Bonchev–Trinajstić information content (AvgIpc) is 3.45. The number of aliphatic carboxylic acids is 1. The molecular formula is C20H24F3N3O4S. The number of aryl methyl sites for hydroxylation is 1. The maximum absolute atomic E-state index is 12.6. The average molecular weight is 459 g/mol. The van der Waals surface area contributed by atoms with Crippen molar-refractivity contribution in [2.24, 2.45) is 5.41 Å². The van der Waals surface area contributed by atoms with Crippen LogP contribution < -0.4 is 0 Å². The number of carbonyl (C=O) groups excluding carboxylic acids is 1. The van der Waals surface area contributed by atoms with Gasteiger partial charge in [0.25, 0.3) is 5.91 Å². The summed E-state index contributed by atoms with van der Waals surface area (Å²) in [4.78, 5) is 30.4. The van der Waals surface area contributed by atoms with E-state index in [9.17, 15) is 18.0 Å². The van der Waals surface area contributed by atoms with Crippen LogP contribution in [0.15, 0.2) is 28.3 Å². The number of likely N-dealkylation sites (tertiary alicyclic amines) is 2. The van der Waals surface area contributed by atoms with Crippen LogP contribution in [0, 0.1) is 12.3 Å². The molecule has 1 spiro atoms. The van der Waals surface area contributed by atoms with Crippen LogP contribution in [0.4, 0.5) is 13.2 Å². The lowest BCUT2D eigenvalue weighted by atomic mass is 9.77. The monoisotopic (exact) mass is 459 g/mol. The van der Waals surface area contributed by atoms with Crippen LogP contribution in [0.1, 0.15) is 40.4 Å². The van der Waals surface area contributed by atoms with Gasteiger partial charge >= 0.3 is 12.1 Å². The summed E-state index contributed by atoms with van der Waals surface area (Å²) in [5.74, 6) is -1.92. The topological polar surface area (TPSA) is 86.9 Å². The van der Waals surface area contributed by atoms with Gasteiger partial charge in [-0.2, -0.15) is 13.2 Å². The van der Waals surface area contributed by atoms with Gasteiger partial charge in [-0.3, -0.25) is 9.69 Å². The standard InChI is InChI=1S/C18H23N3O2S.C2HF3O2/c1-14-15(2-10-23-14)17(22)21-8-4-18(5-9-21)3-7-20(13-18)12-16-19-6-11-24-16;3-2(4,5)1(6)7/h2,6,10-11H,3-5,7-9,12-13H2,1H3;(H,6,7). The minimum Gasteiger partial charge on any atom is -0.475 e. The molecule has 0 aromatic carbocycles. The zero-order valence-electron chi connectivity index (χ0n) is 17.0. The molecule has 0 bridgehead atoms. The summed E-state index contributed by atoms with van der Waals surface area (Å²) in [6.45, 7) is 6.82. The quantitative estimate of drug-likeness (QED) is 0.751. The Balaban J connectivity index is 0.000000339. The van der Waals surface area contributed by atoms with Crippen LogP contribution >= 0.6 is 11.3 Å². The molecule has 4 heterocycles. The Morgan fingerprint density at radius 2 is 1.90 bits per heavy atom. The second kappa shape index (κ2) is 9.39. The van der Waals surface area contributed by atoms with Gasteiger partial charge in [0.1, 0.15) is 10.8 Å². The van der Waals surface area contributed by atoms with E-state index in [-0.39, 0.29) is 5.91 Å². The number of rotatable bonds is 3. The number of amides is 1. The molecule has 0 radical (unpaired) electrons. The Morgan fingerprint density at radius 1 is 1.26 bits per heavy atom. The predicted molar refractivity (Wildman–Crippen MR) is 107 cm³/mol. The number of furan rings is 1. The number of aromatic nitrogens is 1. The van der Waals surface area contributed by atoms with Crippen LogP contribution in [0.5, 0.6) is 0 Å². The summed E-state index contributed by atoms with van der Waals surface area (Å²) in [5, 5.41) is 10.4. The molecule has 2 aliphatic rings. The largest absolute Gasteiger partial charge is 0.490 e. The van der Waals surface area contributed by atoms with Crippen molar-refractivity contribution >= 4 is 23.2 Å². The number of alkyl halides is 3. The van der Waals surface area contributed by atoms with E-state index in [1.807, 2.05) is 23.4 Å². The van der Waals surface area contributed by atoms with Crippen molar-refractivity contribution in [2.45, 2.75) is 38.9 Å². The van der Waals surface area contributed by atoms with Crippen molar-refractivity contribution in [3.63, 3.8) is 0 Å². The maximum Gasteiger partial charge on any atom is 0.490 e. The van der Waals surface area contributed by atoms with E-state index in [4.69, 9.17) is 14.3 Å². The predicted octanol–water partition coefficient (Wildman–Crippen LogP) is 3.81. The summed E-state index contributed by atoms with van der Waals surface area (Å²) in [7, 11) is 0. The molecule has 2 aromatic heterocycles. The molecule has 11 heteroatoms. The molecule has 31 heavy (non-hydrogen) atoms. The van der Waals surface area contributed by atoms with Crippen molar-refractivity contribution in [2.75, 3.05) is 26.2 Å². The van der Waals surface area contributed by atoms with E-state index in [0.29, 0.717) is 11.0 Å². The molecule has 2 aromatic rings. The molecular weight excluding hydrogens is 435 g/mol. The summed E-state index contributed by atoms with van der Waals surface area (Å²) < 4.78 is 37.0. The molecule has 4 rings (SSSR count). The molecule has 0 saturated carbocycles. The van der Waals surface area contributed by atoms with E-state index in [1.165, 1.54) is 11.4 Å². The maximum atomic E-state index is 12.6. The van der Waals surface area contributed by atoms with Crippen molar-refractivity contribution in [3.05, 3.63) is 40.2 Å². The fraction of sp³-hybridized carbons (Fsp3) is 0.550. The van der Waals surface area contributed by atoms with E-state index in [2.05, 4.69) is 9.88 Å². The molecule has 2 aliphatic heterocycles. The SMILES string of the molecule is Cc1occc1C(=O)N1CCC2(CCN(Cc3nccs3)C2)CC1.O=C(O)C(F)(F)F. The Morgan fingerprint density at radius 3 is 2.42 bits per heavy atom. The smallest absolute Gasteiger partial charge is 0.475 e. The Hall–Kier alpha value is -2.40. The van der Waals surface area contributed by atoms with Crippen molar-refractivity contribution in [1.82, 2.24) is 14.8 Å². The van der Waals surface area contributed by atoms with Crippen molar-refractivity contribution in [3.8, 4) is 0 Å². The first kappa shape index (κ1) is 23.3. The van der Waals surface area contributed by atoms with E-state index >= 15 is 0 Å². The lowest BCUT2D eigenvalue weighted by Gasteiger charge is -2.39. The zero-order chi connectivity index (χ0) is 22.6. The van der Waals surface area contributed by atoms with Crippen molar-refractivity contribution < 1.29 is 32.3 Å². The number of hydrogen-bond acceptors (Lipinski definition) is 6. The molecule has 2 saturated heterocycles. The number of halogens is 3. The minimum absolute atomic E-state index is 0.119. The van der Waals surface area contributed by atoms with Gasteiger partial charge < -0.3 is 14.4 Å². The summed E-state index contributed by atoms with van der Waals surface area (Å²) in [6, 6.07) is 1.79. The molecule has 0 atom stereocenters. The Labute approximate surface area is 181 Å². The van der Waals surface area contributed by atoms with Gasteiger partial charge in [-0.1, -0.05) is 0 Å². The third-order valence-corrected chi connectivity index (χ3v) is 6.57. The van der Waals surface area contributed by atoms with Crippen LogP contribution in [0.2, 0.25) is 0 Å². The number of carbonyl (C=O) groups is 2. The van der Waals surface area contributed by atoms with Gasteiger partial charge in [-0.25, -0.2) is 9.78 Å². The first-order valence-corrected chi connectivity index (χ1v) is 10.7. The summed E-state index contributed by atoms with van der Waals surface area (Å²) in [5.41, 5.74) is 1.10. The number of thiazole rings is 1. The van der Waals surface area contributed by atoms with Crippen LogP contribution in [-0.4, -0.2) is 64.1 Å². The molecule has 2 fully saturated rings. The third-order valence-electron chi connectivity index (χ3n) is 5.80. The van der Waals surface area contributed by atoms with E-state index in [1.54, 1.807) is 23.7 Å². The second-order valence-corrected chi connectivity index (χ2v) is 8.85. The van der Waals surface area contributed by atoms with Gasteiger partial charge in [0.05, 0.1) is 18.4 Å². The number of hydrogen-bond donors (Lipinski definition) is 1. The number of nitrogens with zero attached hydrogens (tertiary/aromatic N) is 3. The molecule has 0 aliphatic carbocycles. The van der Waals surface area contributed by atoms with Gasteiger partial charge in [-0.15, -0.1) is 11.3 Å². The Kier molecular flexibility index (Phi) is 7.05. The molecule has 7 nitrogen and oxygen atoms in total. The van der Waals surface area contributed by atoms with Crippen LogP contribution in [0.3, 0.4) is 0 Å². The highest BCUT2D eigenvalue weighted by Crippen LogP contribution is 2.41. The first-order valence-electron chi connectivity index (χ1n) is 9.84. The summed E-state index contributed by atoms with van der Waals surface area (Å²) >= 11 is 1.73. The number of carboxylic acids is 1. The van der Waals surface area contributed by atoms with Crippen LogP contribution in [0.25, 0.3) is 0 Å². The molecule has 1 amide bonds. The fourth-order valence-electron chi connectivity index (χ4n) is 4.05. The highest BCUT2D eigenvalue weighted by Gasteiger charge is 2.41. The summed E-state index contributed by atoms with van der Waals surface area (Å²) in [6.07, 6.45) is 1.84. The van der Waals surface area contributed by atoms with Gasteiger partial charge in [-0.05, 0) is 44.2 Å². The lowest BCUT2D eigenvalue weighted by molar-refractivity contribution is -0.192. The highest BCUT2D eigenvalue weighted by atomic mass is 32.1. The Bertz CT molecular complexity index is 890. The normalized spacial score (nSPS) is 18.6. The first-order chi connectivity index (χ1) is 14.6. The van der Waals surface area contributed by atoms with Crippen LogP contribution in [-0.2, 0) is 11.3 Å². The minimum atomic E-state index is -5.08. The van der Waals surface area contributed by atoms with E-state index < -0.39 is 12.1 Å². The van der Waals surface area contributed by atoms with Gasteiger partial charge in [0.2, 0.25) is 0 Å². The third kappa shape index (κ3) is 5.85. The zero-order valence-corrected chi connectivity index (χ0v) is 17.8. The number of piperidine rings is 1. The molecule has 1 N–H and O–H groups in total. The molecule has 170 valence electrons. The lowest BCUT2D eigenvalue weighted by Crippen LogP contribution is -2.44.